The van der Waals surface area contributed by atoms with Crippen LogP contribution in [0.3, 0.4) is 0 Å². The number of hydrogen-bond donors (Lipinski definition) is 0. The van der Waals surface area contributed by atoms with Crippen LogP contribution in [0.25, 0.3) is 11.4 Å². The average Bonchev–Trinajstić information content (AvgIpc) is 2.40. The van der Waals surface area contributed by atoms with Crippen LogP contribution in [0, 0.1) is 0 Å². The second-order valence-electron chi connectivity index (χ2n) is 3.28. The number of rotatable bonds is 5. The van der Waals surface area contributed by atoms with Crippen LogP contribution < -0.4 is 9.13 Å². The second kappa shape index (κ2) is 5.67. The Labute approximate surface area is 109 Å². The summed E-state index contributed by atoms with van der Waals surface area (Å²) in [6, 6.07) is 3.27. The summed E-state index contributed by atoms with van der Waals surface area (Å²) in [7, 11) is -4.09. The molecule has 0 atom stereocenters. The lowest BCUT2D eigenvalue weighted by molar-refractivity contribution is -0.904. The van der Waals surface area contributed by atoms with E-state index in [0.717, 1.165) is 4.85 Å². The molecule has 0 radical (unpaired) electrons. The summed E-state index contributed by atoms with van der Waals surface area (Å²) in [5.41, 5.74) is 0.634. The Morgan fingerprint density at radius 1 is 1.32 bits per heavy atom. The van der Waals surface area contributed by atoms with Crippen molar-refractivity contribution in [1.29, 1.82) is 0 Å². The number of hydrogen-bond acceptors (Lipinski definition) is 7. The van der Waals surface area contributed by atoms with E-state index in [0.29, 0.717) is 11.4 Å². The van der Waals surface area contributed by atoms with Gasteiger partial charge in [0.25, 0.3) is 6.20 Å². The highest BCUT2D eigenvalue weighted by molar-refractivity contribution is 7.81. The maximum atomic E-state index is 11.2. The largest absolute Gasteiger partial charge is 0.505 e. The maximum absolute atomic E-state index is 11.2. The highest BCUT2D eigenvalue weighted by atomic mass is 32.3. The number of nitrogens with zero attached hydrogens (tertiary/aromatic N) is 4. The minimum Gasteiger partial charge on any atom is -0.237 e. The third kappa shape index (κ3) is 3.66. The van der Waals surface area contributed by atoms with E-state index < -0.39 is 10.4 Å². The fourth-order valence-electron chi connectivity index (χ4n) is 1.23. The van der Waals surface area contributed by atoms with Gasteiger partial charge in [0.1, 0.15) is 11.0 Å². The van der Waals surface area contributed by atoms with Gasteiger partial charge in [0.2, 0.25) is 0 Å². The normalized spacial score (nSPS) is 11.2. The van der Waals surface area contributed by atoms with E-state index in [-0.39, 0.29) is 6.61 Å². The molecule has 8 nitrogen and oxygen atoms in total. The second-order valence-corrected chi connectivity index (χ2v) is 4.48. The fourth-order valence-corrected chi connectivity index (χ4v) is 1.84. The lowest BCUT2D eigenvalue weighted by Crippen LogP contribution is -2.48. The Kier molecular flexibility index (Phi) is 3.97. The van der Waals surface area contributed by atoms with Gasteiger partial charge in [-0.05, 0) is 13.0 Å². The summed E-state index contributed by atoms with van der Waals surface area (Å²) in [6.07, 6.45) is 5.90. The average molecular weight is 283 g/mol. The summed E-state index contributed by atoms with van der Waals surface area (Å²) in [4.78, 5) is 8.85. The molecule has 2 rings (SSSR count). The van der Waals surface area contributed by atoms with Crippen LogP contribution in [0.4, 0.5) is 0 Å². The van der Waals surface area contributed by atoms with E-state index in [4.69, 9.17) is 0 Å². The minimum atomic E-state index is -4.09. The summed E-state index contributed by atoms with van der Waals surface area (Å²) >= 11 is 0. The van der Waals surface area contributed by atoms with Crippen LogP contribution in [0.5, 0.6) is 0 Å². The Hall–Kier alpha value is -2.13. The lowest BCUT2D eigenvalue weighted by atomic mass is 10.3. The van der Waals surface area contributed by atoms with Gasteiger partial charge in [-0.2, -0.15) is 8.42 Å². The van der Waals surface area contributed by atoms with Gasteiger partial charge in [-0.3, -0.25) is 0 Å². The summed E-state index contributed by atoms with van der Waals surface area (Å²) in [6.45, 7) is 1.52. The SMILES string of the molecule is CCOS(=O)(=O)O[n+]1ccc(-c2ncccn2)cn1. The van der Waals surface area contributed by atoms with Gasteiger partial charge in [0.15, 0.2) is 5.82 Å². The summed E-state index contributed by atoms with van der Waals surface area (Å²) in [5, 5.41) is 3.78. The van der Waals surface area contributed by atoms with Crippen molar-refractivity contribution >= 4 is 10.4 Å². The molecule has 100 valence electrons. The lowest BCUT2D eigenvalue weighted by Gasteiger charge is -1.98. The molecule has 0 N–H and O–H groups in total. The zero-order chi connectivity index (χ0) is 13.7. The van der Waals surface area contributed by atoms with E-state index in [1.807, 2.05) is 0 Å². The third-order valence-corrected chi connectivity index (χ3v) is 2.81. The van der Waals surface area contributed by atoms with Gasteiger partial charge in [0, 0.05) is 29.1 Å². The maximum Gasteiger partial charge on any atom is 0.505 e. The highest BCUT2D eigenvalue weighted by Gasteiger charge is 2.20. The van der Waals surface area contributed by atoms with Crippen LogP contribution in [-0.4, -0.2) is 30.1 Å². The Morgan fingerprint density at radius 3 is 2.63 bits per heavy atom. The predicted octanol–water partition coefficient (Wildman–Crippen LogP) is -0.464. The van der Waals surface area contributed by atoms with Crippen molar-refractivity contribution in [3.05, 3.63) is 36.9 Å². The standard InChI is InChI=1S/C10H11N4O4S/c1-2-17-19(15,16)18-14-7-4-9(8-13-14)10-11-5-3-6-12-10/h3-8H,2H2,1H3/q+1. The molecule has 2 aromatic rings. The summed E-state index contributed by atoms with van der Waals surface area (Å²) in [5.74, 6) is 0.481. The van der Waals surface area contributed by atoms with Crippen molar-refractivity contribution in [2.45, 2.75) is 6.92 Å². The smallest absolute Gasteiger partial charge is 0.237 e. The first-order valence-corrected chi connectivity index (χ1v) is 6.69. The van der Waals surface area contributed by atoms with E-state index in [9.17, 15) is 8.42 Å². The van der Waals surface area contributed by atoms with E-state index in [2.05, 4.69) is 23.5 Å². The van der Waals surface area contributed by atoms with Crippen molar-refractivity contribution in [3.63, 3.8) is 0 Å². The van der Waals surface area contributed by atoms with Crippen molar-refractivity contribution in [1.82, 2.24) is 15.1 Å². The van der Waals surface area contributed by atoms with Gasteiger partial charge in [-0.15, -0.1) is 0 Å². The zero-order valence-electron chi connectivity index (χ0n) is 10.0. The van der Waals surface area contributed by atoms with Crippen molar-refractivity contribution in [2.75, 3.05) is 6.61 Å². The molecule has 0 aliphatic carbocycles. The molecule has 0 saturated heterocycles. The van der Waals surface area contributed by atoms with Crippen molar-refractivity contribution in [3.8, 4) is 11.4 Å². The molecule has 2 heterocycles. The van der Waals surface area contributed by atoms with Gasteiger partial charge >= 0.3 is 10.4 Å². The summed E-state index contributed by atoms with van der Waals surface area (Å²) < 4.78 is 31.4. The molecule has 0 spiro atoms. The van der Waals surface area contributed by atoms with E-state index >= 15 is 0 Å². The van der Waals surface area contributed by atoms with Crippen LogP contribution in [0.15, 0.2) is 36.9 Å². The van der Waals surface area contributed by atoms with Gasteiger partial charge in [0.05, 0.1) is 6.61 Å². The van der Waals surface area contributed by atoms with Crippen molar-refractivity contribution < 1.29 is 21.7 Å². The molecule has 19 heavy (non-hydrogen) atoms. The first kappa shape index (κ1) is 13.3. The molecule has 0 aliphatic heterocycles. The van der Waals surface area contributed by atoms with Crippen LogP contribution in [0.1, 0.15) is 6.92 Å². The molecular weight excluding hydrogens is 272 g/mol. The highest BCUT2D eigenvalue weighted by Crippen LogP contribution is 2.08. The Morgan fingerprint density at radius 2 is 2.05 bits per heavy atom. The third-order valence-electron chi connectivity index (χ3n) is 1.95. The van der Waals surface area contributed by atoms with Gasteiger partial charge in [-0.25, -0.2) is 14.2 Å². The molecule has 9 heteroatoms. The molecule has 0 amide bonds. The molecule has 2 aromatic heterocycles. The molecular formula is C10H11N4O4S+. The molecule has 0 fully saturated rings. The number of aromatic nitrogens is 4. The first-order valence-electron chi connectivity index (χ1n) is 5.35. The quantitative estimate of drug-likeness (QED) is 0.685. The Balaban J connectivity index is 2.16. The van der Waals surface area contributed by atoms with Gasteiger partial charge < -0.3 is 0 Å². The molecule has 0 aliphatic rings. The van der Waals surface area contributed by atoms with Crippen LogP contribution >= 0.6 is 0 Å². The van der Waals surface area contributed by atoms with E-state index in [1.54, 1.807) is 24.5 Å². The van der Waals surface area contributed by atoms with Crippen LogP contribution in [0.2, 0.25) is 0 Å². The fraction of sp³-hybridized carbons (Fsp3) is 0.200. The van der Waals surface area contributed by atoms with Gasteiger partial charge in [-0.1, -0.05) is 4.28 Å². The molecule has 0 aromatic carbocycles. The first-order chi connectivity index (χ1) is 9.11. The van der Waals surface area contributed by atoms with Crippen LogP contribution in [-0.2, 0) is 14.6 Å². The predicted molar refractivity (Wildman–Crippen MR) is 62.6 cm³/mol. The van der Waals surface area contributed by atoms with Crippen molar-refractivity contribution in [2.24, 2.45) is 0 Å². The Bertz CT molecular complexity index is 630. The molecule has 0 unspecified atom stereocenters. The monoisotopic (exact) mass is 283 g/mol. The zero-order valence-corrected chi connectivity index (χ0v) is 10.8. The minimum absolute atomic E-state index is 0.0150. The molecule has 0 bridgehead atoms. The topological polar surface area (TPSA) is 95.2 Å². The van der Waals surface area contributed by atoms with E-state index in [1.165, 1.54) is 19.3 Å². The molecule has 0 saturated carbocycles.